The van der Waals surface area contributed by atoms with Crippen molar-refractivity contribution in [2.24, 2.45) is 0 Å². The number of aryl methyl sites for hydroxylation is 1. The molecule has 1 aliphatic heterocycles. The van der Waals surface area contributed by atoms with Crippen LogP contribution in [0.5, 0.6) is 0 Å². The van der Waals surface area contributed by atoms with Gasteiger partial charge in [-0.15, -0.1) is 0 Å². The summed E-state index contributed by atoms with van der Waals surface area (Å²) in [5.41, 5.74) is 2.12. The Kier molecular flexibility index (Phi) is 6.00. The molecule has 1 fully saturated rings. The quantitative estimate of drug-likeness (QED) is 0.644. The number of piperazine rings is 1. The summed E-state index contributed by atoms with van der Waals surface area (Å²) in [6, 6.07) is 20.2. The summed E-state index contributed by atoms with van der Waals surface area (Å²) in [6.07, 6.45) is 1.79. The van der Waals surface area contributed by atoms with Gasteiger partial charge < -0.3 is 14.3 Å². The molecule has 6 nitrogen and oxygen atoms in total. The second-order valence-corrected chi connectivity index (χ2v) is 7.51. The number of carbonyl (C=O) groups excluding carboxylic acids is 1. The highest BCUT2D eigenvalue weighted by atomic mass is 16.5. The maximum absolute atomic E-state index is 12.9. The number of nitrogens with zero attached hydrogens (tertiary/aromatic N) is 4. The van der Waals surface area contributed by atoms with Gasteiger partial charge in [0.2, 0.25) is 17.6 Å². The van der Waals surface area contributed by atoms with Crippen LogP contribution in [0.3, 0.4) is 0 Å². The molecule has 29 heavy (non-hydrogen) atoms. The van der Waals surface area contributed by atoms with Crippen LogP contribution < -0.4 is 0 Å². The zero-order valence-corrected chi connectivity index (χ0v) is 16.7. The van der Waals surface area contributed by atoms with Crippen molar-refractivity contribution >= 4 is 5.91 Å². The number of carbonyl (C=O) groups is 1. The predicted molar refractivity (Wildman–Crippen MR) is 111 cm³/mol. The molecule has 6 heteroatoms. The summed E-state index contributed by atoms with van der Waals surface area (Å²) in [7, 11) is 2.11. The van der Waals surface area contributed by atoms with Gasteiger partial charge in [-0.1, -0.05) is 65.8 Å². The van der Waals surface area contributed by atoms with E-state index in [4.69, 9.17) is 4.52 Å². The Balaban J connectivity index is 1.35. The summed E-state index contributed by atoms with van der Waals surface area (Å²) >= 11 is 0. The Hall–Kier alpha value is -2.99. The lowest BCUT2D eigenvalue weighted by Gasteiger charge is -2.40. The third-order valence-corrected chi connectivity index (χ3v) is 5.37. The molecule has 3 aromatic rings. The van der Waals surface area contributed by atoms with Gasteiger partial charge in [-0.3, -0.25) is 4.79 Å². The van der Waals surface area contributed by atoms with Crippen LogP contribution in [0, 0.1) is 0 Å². The van der Waals surface area contributed by atoms with Crippen LogP contribution in [-0.4, -0.2) is 52.5 Å². The average molecular weight is 390 g/mol. The first-order valence-electron chi connectivity index (χ1n) is 10.1. The molecule has 1 atom stereocenters. The minimum absolute atomic E-state index is 0.107. The highest BCUT2D eigenvalue weighted by Gasteiger charge is 2.29. The standard InChI is InChI=1S/C23H26N4O2/c1-26-15-16-27(20(17-26)18-9-4-2-5-10-18)22(28)14-8-13-21-24-23(25-29-21)19-11-6-3-7-12-19/h2-7,9-12,20H,8,13-17H2,1H3. The minimum atomic E-state index is 0.107. The molecule has 1 aromatic heterocycles. The fourth-order valence-corrected chi connectivity index (χ4v) is 3.77. The lowest BCUT2D eigenvalue weighted by atomic mass is 10.0. The second kappa shape index (κ2) is 9.01. The minimum Gasteiger partial charge on any atom is -0.339 e. The van der Waals surface area contributed by atoms with E-state index in [0.29, 0.717) is 31.0 Å². The van der Waals surface area contributed by atoms with Crippen LogP contribution in [0.4, 0.5) is 0 Å². The number of benzene rings is 2. The van der Waals surface area contributed by atoms with E-state index in [2.05, 4.69) is 34.2 Å². The Morgan fingerprint density at radius 2 is 1.79 bits per heavy atom. The Morgan fingerprint density at radius 3 is 2.55 bits per heavy atom. The zero-order chi connectivity index (χ0) is 20.1. The molecular weight excluding hydrogens is 364 g/mol. The van der Waals surface area contributed by atoms with E-state index in [9.17, 15) is 4.79 Å². The first-order valence-corrected chi connectivity index (χ1v) is 10.1. The van der Waals surface area contributed by atoms with Gasteiger partial charge in [0.15, 0.2) is 0 Å². The lowest BCUT2D eigenvalue weighted by molar-refractivity contribution is -0.136. The maximum atomic E-state index is 12.9. The topological polar surface area (TPSA) is 62.5 Å². The van der Waals surface area contributed by atoms with Crippen LogP contribution in [-0.2, 0) is 11.2 Å². The number of rotatable bonds is 6. The molecule has 0 aliphatic carbocycles. The molecule has 0 bridgehead atoms. The van der Waals surface area contributed by atoms with Crippen LogP contribution in [0.2, 0.25) is 0 Å². The molecule has 0 N–H and O–H groups in total. The molecule has 0 saturated carbocycles. The lowest BCUT2D eigenvalue weighted by Crippen LogP contribution is -2.49. The van der Waals surface area contributed by atoms with Gasteiger partial charge in [-0.25, -0.2) is 0 Å². The van der Waals surface area contributed by atoms with E-state index in [-0.39, 0.29) is 11.9 Å². The number of hydrogen-bond donors (Lipinski definition) is 0. The Bertz CT molecular complexity index is 926. The number of likely N-dealkylation sites (N-methyl/N-ethyl adjacent to an activating group) is 1. The predicted octanol–water partition coefficient (Wildman–Crippen LogP) is 3.57. The van der Waals surface area contributed by atoms with Gasteiger partial charge in [-0.2, -0.15) is 4.98 Å². The first kappa shape index (κ1) is 19.3. The van der Waals surface area contributed by atoms with Crippen molar-refractivity contribution in [1.82, 2.24) is 19.9 Å². The molecule has 1 aliphatic rings. The molecule has 1 unspecified atom stereocenters. The van der Waals surface area contributed by atoms with Crippen molar-refractivity contribution in [1.29, 1.82) is 0 Å². The van der Waals surface area contributed by atoms with Gasteiger partial charge >= 0.3 is 0 Å². The van der Waals surface area contributed by atoms with Crippen LogP contribution in [0.1, 0.15) is 30.3 Å². The Labute approximate surface area is 171 Å². The third-order valence-electron chi connectivity index (χ3n) is 5.37. The van der Waals surface area contributed by atoms with Crippen molar-refractivity contribution in [2.75, 3.05) is 26.7 Å². The number of aromatic nitrogens is 2. The van der Waals surface area contributed by atoms with Crippen molar-refractivity contribution in [2.45, 2.75) is 25.3 Å². The highest BCUT2D eigenvalue weighted by molar-refractivity contribution is 5.77. The van der Waals surface area contributed by atoms with Crippen LogP contribution >= 0.6 is 0 Å². The molecule has 0 spiro atoms. The van der Waals surface area contributed by atoms with E-state index in [1.165, 1.54) is 5.56 Å². The van der Waals surface area contributed by atoms with Gasteiger partial charge in [0.05, 0.1) is 6.04 Å². The van der Waals surface area contributed by atoms with Crippen molar-refractivity contribution < 1.29 is 9.32 Å². The van der Waals surface area contributed by atoms with Crippen molar-refractivity contribution in [3.63, 3.8) is 0 Å². The van der Waals surface area contributed by atoms with Crippen LogP contribution in [0.15, 0.2) is 65.2 Å². The van der Waals surface area contributed by atoms with Gasteiger partial charge in [0.25, 0.3) is 0 Å². The number of hydrogen-bond acceptors (Lipinski definition) is 5. The maximum Gasteiger partial charge on any atom is 0.226 e. The summed E-state index contributed by atoms with van der Waals surface area (Å²) < 4.78 is 5.36. The SMILES string of the molecule is CN1CCN(C(=O)CCCc2nc(-c3ccccc3)no2)C(c2ccccc2)C1. The monoisotopic (exact) mass is 390 g/mol. The van der Waals surface area contributed by atoms with Crippen molar-refractivity contribution in [3.05, 3.63) is 72.1 Å². The molecule has 2 heterocycles. The molecule has 150 valence electrons. The summed E-state index contributed by atoms with van der Waals surface area (Å²) in [5.74, 6) is 1.36. The van der Waals surface area contributed by atoms with E-state index in [1.54, 1.807) is 0 Å². The highest BCUT2D eigenvalue weighted by Crippen LogP contribution is 2.26. The normalized spacial score (nSPS) is 17.4. The summed E-state index contributed by atoms with van der Waals surface area (Å²) in [5, 5.41) is 4.05. The second-order valence-electron chi connectivity index (χ2n) is 7.51. The molecule has 1 saturated heterocycles. The van der Waals surface area contributed by atoms with E-state index in [1.807, 2.05) is 53.4 Å². The van der Waals surface area contributed by atoms with Crippen molar-refractivity contribution in [3.8, 4) is 11.4 Å². The number of amides is 1. The fraction of sp³-hybridized carbons (Fsp3) is 0.348. The van der Waals surface area contributed by atoms with E-state index < -0.39 is 0 Å². The Morgan fingerprint density at radius 1 is 1.07 bits per heavy atom. The third kappa shape index (κ3) is 4.71. The average Bonchev–Trinajstić information content (AvgIpc) is 3.24. The molecule has 2 aromatic carbocycles. The molecule has 1 amide bonds. The molecule has 4 rings (SSSR count). The smallest absolute Gasteiger partial charge is 0.226 e. The molecular formula is C23H26N4O2. The summed E-state index contributed by atoms with van der Waals surface area (Å²) in [6.45, 7) is 2.52. The summed E-state index contributed by atoms with van der Waals surface area (Å²) in [4.78, 5) is 21.7. The van der Waals surface area contributed by atoms with Gasteiger partial charge in [0, 0.05) is 38.0 Å². The molecule has 0 radical (unpaired) electrons. The fourth-order valence-electron chi connectivity index (χ4n) is 3.77. The zero-order valence-electron chi connectivity index (χ0n) is 16.7. The van der Waals surface area contributed by atoms with Crippen LogP contribution in [0.25, 0.3) is 11.4 Å². The van der Waals surface area contributed by atoms with Gasteiger partial charge in [-0.05, 0) is 19.0 Å². The van der Waals surface area contributed by atoms with E-state index in [0.717, 1.165) is 25.2 Å². The van der Waals surface area contributed by atoms with Gasteiger partial charge in [0.1, 0.15) is 0 Å². The van der Waals surface area contributed by atoms with E-state index >= 15 is 0 Å². The first-order chi connectivity index (χ1) is 14.2. The largest absolute Gasteiger partial charge is 0.339 e.